The van der Waals surface area contributed by atoms with Crippen molar-refractivity contribution < 1.29 is 4.79 Å². The zero-order valence-corrected chi connectivity index (χ0v) is 19.4. The molecule has 3 aromatic carbocycles. The van der Waals surface area contributed by atoms with Crippen LogP contribution in [-0.4, -0.2) is 23.4 Å². The Morgan fingerprint density at radius 1 is 1.03 bits per heavy atom. The molecule has 0 bridgehead atoms. The molecule has 4 aromatic rings. The van der Waals surface area contributed by atoms with E-state index in [2.05, 4.69) is 67.7 Å². The molecule has 0 aliphatic heterocycles. The van der Waals surface area contributed by atoms with Crippen LogP contribution in [0.2, 0.25) is 0 Å². The number of halogens is 1. The molecule has 4 rings (SSSR count). The number of aromatic nitrogens is 1. The van der Waals surface area contributed by atoms with E-state index in [4.69, 9.17) is 0 Å². The quantitative estimate of drug-likeness (QED) is 0.232. The second-order valence-electron chi connectivity index (χ2n) is 7.48. The molecule has 0 unspecified atom stereocenters. The van der Waals surface area contributed by atoms with Crippen molar-refractivity contribution in [1.29, 1.82) is 0 Å². The number of aryl methyl sites for hydroxylation is 1. The number of carbonyl (C=O) groups excluding carboxylic acids is 1. The topological polar surface area (TPSA) is 69.3 Å². The number of H-pyrrole nitrogens is 1. The molecule has 0 saturated carbocycles. The maximum atomic E-state index is 12.8. The van der Waals surface area contributed by atoms with Gasteiger partial charge in [-0.25, -0.2) is 0 Å². The number of carbonyl (C=O) groups is 1. The van der Waals surface area contributed by atoms with E-state index >= 15 is 0 Å². The van der Waals surface area contributed by atoms with Crippen molar-refractivity contribution in [1.82, 2.24) is 10.3 Å². The van der Waals surface area contributed by atoms with Crippen molar-refractivity contribution in [2.24, 2.45) is 4.99 Å². The molecule has 6 heteroatoms. The lowest BCUT2D eigenvalue weighted by molar-refractivity contribution is 0.0977. The number of nitrogens with one attached hydrogen (secondary N) is 3. The van der Waals surface area contributed by atoms with Gasteiger partial charge in [-0.2, -0.15) is 0 Å². The van der Waals surface area contributed by atoms with Crippen LogP contribution < -0.4 is 10.6 Å². The third kappa shape index (κ3) is 5.45. The summed E-state index contributed by atoms with van der Waals surface area (Å²) in [4.78, 5) is 20.8. The van der Waals surface area contributed by atoms with Gasteiger partial charge in [-0.3, -0.25) is 15.1 Å². The van der Waals surface area contributed by atoms with Gasteiger partial charge in [0.25, 0.3) is 5.91 Å². The molecule has 1 aromatic heterocycles. The van der Waals surface area contributed by atoms with E-state index in [0.29, 0.717) is 18.1 Å². The first-order valence-corrected chi connectivity index (χ1v) is 11.4. The monoisotopic (exact) mass is 488 g/mol. The smallest absolute Gasteiger partial charge is 0.257 e. The van der Waals surface area contributed by atoms with Gasteiger partial charge in [0.2, 0.25) is 5.96 Å². The summed E-state index contributed by atoms with van der Waals surface area (Å²) in [6.07, 6.45) is 3.73. The number of nitrogens with zero attached hydrogens (tertiary/aromatic N) is 1. The van der Waals surface area contributed by atoms with E-state index in [0.717, 1.165) is 28.5 Å². The molecular weight excluding hydrogens is 464 g/mol. The minimum absolute atomic E-state index is 0.206. The number of benzene rings is 3. The zero-order valence-electron chi connectivity index (χ0n) is 17.9. The Morgan fingerprint density at radius 3 is 2.66 bits per heavy atom. The molecule has 0 saturated heterocycles. The summed E-state index contributed by atoms with van der Waals surface area (Å²) >= 11 is 3.40. The lowest BCUT2D eigenvalue weighted by Crippen LogP contribution is -2.36. The van der Waals surface area contributed by atoms with Crippen LogP contribution in [0.3, 0.4) is 0 Å². The van der Waals surface area contributed by atoms with Gasteiger partial charge in [-0.05, 0) is 66.4 Å². The van der Waals surface area contributed by atoms with Gasteiger partial charge in [-0.1, -0.05) is 53.2 Å². The highest BCUT2D eigenvalue weighted by atomic mass is 79.9. The van der Waals surface area contributed by atoms with Gasteiger partial charge in [0.1, 0.15) is 0 Å². The first kappa shape index (κ1) is 21.8. The van der Waals surface area contributed by atoms with Crippen LogP contribution >= 0.6 is 15.9 Å². The Kier molecular flexibility index (Phi) is 7.02. The summed E-state index contributed by atoms with van der Waals surface area (Å²) < 4.78 is 0.927. The minimum atomic E-state index is -0.206. The van der Waals surface area contributed by atoms with Crippen LogP contribution in [0.25, 0.3) is 10.9 Å². The predicted molar refractivity (Wildman–Crippen MR) is 135 cm³/mol. The molecule has 1 heterocycles. The highest BCUT2D eigenvalue weighted by Crippen LogP contribution is 2.18. The molecule has 162 valence electrons. The van der Waals surface area contributed by atoms with Crippen LogP contribution in [0.4, 0.5) is 5.69 Å². The van der Waals surface area contributed by atoms with Crippen molar-refractivity contribution >= 4 is 44.4 Å². The minimum Gasteiger partial charge on any atom is -0.361 e. The molecule has 0 fully saturated rings. The van der Waals surface area contributed by atoms with E-state index in [-0.39, 0.29) is 5.91 Å². The molecule has 1 amide bonds. The number of aromatic amines is 1. The zero-order chi connectivity index (χ0) is 22.3. The standard InChI is InChI=1S/C26H25BrN4O/c1-2-18-6-5-7-22(16-18)30-26(31-25(32)19-10-12-21(27)13-11-19)28-15-14-20-17-29-24-9-4-3-8-23(20)24/h3-13,16-17,29H,2,14-15H2,1H3,(H2,28,30,31,32). The third-order valence-electron chi connectivity index (χ3n) is 5.26. The first-order chi connectivity index (χ1) is 15.6. The van der Waals surface area contributed by atoms with Crippen LogP contribution in [-0.2, 0) is 12.8 Å². The highest BCUT2D eigenvalue weighted by molar-refractivity contribution is 9.10. The van der Waals surface area contributed by atoms with Gasteiger partial charge in [0, 0.05) is 39.4 Å². The normalized spacial score (nSPS) is 11.5. The van der Waals surface area contributed by atoms with Gasteiger partial charge < -0.3 is 10.3 Å². The summed E-state index contributed by atoms with van der Waals surface area (Å²) in [5.41, 5.74) is 5.00. The number of rotatable bonds is 6. The van der Waals surface area contributed by atoms with Crippen LogP contribution in [0.15, 0.2) is 88.5 Å². The van der Waals surface area contributed by atoms with Gasteiger partial charge in [0.15, 0.2) is 0 Å². The van der Waals surface area contributed by atoms with E-state index in [9.17, 15) is 4.79 Å². The molecule has 32 heavy (non-hydrogen) atoms. The summed E-state index contributed by atoms with van der Waals surface area (Å²) in [6, 6.07) is 23.6. The summed E-state index contributed by atoms with van der Waals surface area (Å²) in [7, 11) is 0. The van der Waals surface area contributed by atoms with E-state index in [1.165, 1.54) is 16.5 Å². The molecule has 0 radical (unpaired) electrons. The van der Waals surface area contributed by atoms with E-state index < -0.39 is 0 Å². The van der Waals surface area contributed by atoms with Gasteiger partial charge in [0.05, 0.1) is 0 Å². The average molecular weight is 489 g/mol. The van der Waals surface area contributed by atoms with Crippen molar-refractivity contribution in [3.05, 3.63) is 100 Å². The summed E-state index contributed by atoms with van der Waals surface area (Å²) in [6.45, 7) is 2.66. The number of fused-ring (bicyclic) bond motifs is 1. The Morgan fingerprint density at radius 2 is 1.84 bits per heavy atom. The molecular formula is C26H25BrN4O. The third-order valence-corrected chi connectivity index (χ3v) is 5.79. The first-order valence-electron chi connectivity index (χ1n) is 10.6. The largest absolute Gasteiger partial charge is 0.361 e. The van der Waals surface area contributed by atoms with Crippen molar-refractivity contribution in [3.8, 4) is 0 Å². The van der Waals surface area contributed by atoms with Crippen molar-refractivity contribution in [2.45, 2.75) is 19.8 Å². The molecule has 0 atom stereocenters. The number of anilines is 1. The van der Waals surface area contributed by atoms with Crippen molar-refractivity contribution in [2.75, 3.05) is 11.9 Å². The maximum absolute atomic E-state index is 12.8. The molecule has 0 aliphatic carbocycles. The van der Waals surface area contributed by atoms with Crippen LogP contribution in [0, 0.1) is 0 Å². The second kappa shape index (κ2) is 10.3. The Hall–Kier alpha value is -3.38. The number of hydrogen-bond donors (Lipinski definition) is 3. The van der Waals surface area contributed by atoms with Crippen LogP contribution in [0.1, 0.15) is 28.4 Å². The Balaban J connectivity index is 1.52. The Bertz CT molecular complexity index is 1240. The number of guanidine groups is 1. The number of aliphatic imine (C=N–C) groups is 1. The molecule has 5 nitrogen and oxygen atoms in total. The van der Waals surface area contributed by atoms with E-state index in [1.807, 2.05) is 42.6 Å². The second-order valence-corrected chi connectivity index (χ2v) is 8.40. The lowest BCUT2D eigenvalue weighted by atomic mass is 10.1. The molecule has 3 N–H and O–H groups in total. The molecule has 0 aliphatic rings. The fourth-order valence-corrected chi connectivity index (χ4v) is 3.79. The van der Waals surface area contributed by atoms with Crippen molar-refractivity contribution in [3.63, 3.8) is 0 Å². The van der Waals surface area contributed by atoms with E-state index in [1.54, 1.807) is 12.1 Å². The number of para-hydroxylation sites is 1. The molecule has 0 spiro atoms. The van der Waals surface area contributed by atoms with Gasteiger partial charge in [-0.15, -0.1) is 0 Å². The summed E-state index contributed by atoms with van der Waals surface area (Å²) in [5, 5.41) is 7.42. The fourth-order valence-electron chi connectivity index (χ4n) is 3.52. The Labute approximate surface area is 196 Å². The highest BCUT2D eigenvalue weighted by Gasteiger charge is 2.10. The van der Waals surface area contributed by atoms with Gasteiger partial charge >= 0.3 is 0 Å². The summed E-state index contributed by atoms with van der Waals surface area (Å²) in [5.74, 6) is 0.230. The predicted octanol–water partition coefficient (Wildman–Crippen LogP) is 5.93. The SMILES string of the molecule is CCc1cccc(NC(=NCCc2c[nH]c3ccccc23)NC(=O)c2ccc(Br)cc2)c1. The lowest BCUT2D eigenvalue weighted by Gasteiger charge is -2.13. The number of hydrogen-bond acceptors (Lipinski definition) is 2. The average Bonchev–Trinajstić information content (AvgIpc) is 3.22. The number of amides is 1. The maximum Gasteiger partial charge on any atom is 0.257 e. The van der Waals surface area contributed by atoms with Crippen LogP contribution in [0.5, 0.6) is 0 Å². The fraction of sp³-hybridized carbons (Fsp3) is 0.154.